The lowest BCUT2D eigenvalue weighted by atomic mass is 10.2. The Bertz CT molecular complexity index is 586. The van der Waals surface area contributed by atoms with Crippen molar-refractivity contribution in [3.05, 3.63) is 29.8 Å². The molecule has 0 heterocycles. The number of carbonyl (C=O) groups is 1. The summed E-state index contributed by atoms with van der Waals surface area (Å²) in [5, 5.41) is 0. The Balaban J connectivity index is 3.01. The zero-order valence-electron chi connectivity index (χ0n) is 9.61. The average molecular weight is 316 g/mol. The Labute approximate surface area is 112 Å². The van der Waals surface area contributed by atoms with Gasteiger partial charge in [0.25, 0.3) is 15.0 Å². The zero-order valence-corrected chi connectivity index (χ0v) is 11.2. The second-order valence-corrected chi connectivity index (χ2v) is 6.31. The number of benzene rings is 1. The number of amides is 1. The Morgan fingerprint density at radius 3 is 2.42 bits per heavy atom. The van der Waals surface area contributed by atoms with Crippen LogP contribution in [0.1, 0.15) is 10.4 Å². The summed E-state index contributed by atoms with van der Waals surface area (Å²) >= 11 is 0. The first-order chi connectivity index (χ1) is 8.50. The highest BCUT2D eigenvalue weighted by molar-refractivity contribution is 8.13. The minimum absolute atomic E-state index is 0.187. The Morgan fingerprint density at radius 2 is 1.95 bits per heavy atom. The molecule has 9 heteroatoms. The maximum Gasteiger partial charge on any atom is 0.406 e. The molecule has 1 amide bonds. The van der Waals surface area contributed by atoms with Crippen molar-refractivity contribution in [1.29, 1.82) is 0 Å². The molecule has 0 atom stereocenters. The summed E-state index contributed by atoms with van der Waals surface area (Å²) in [5.41, 5.74) is -0.187. The van der Waals surface area contributed by atoms with Gasteiger partial charge in [-0.3, -0.25) is 4.79 Å². The lowest BCUT2D eigenvalue weighted by molar-refractivity contribution is -0.138. The Hall–Kier alpha value is -1.28. The van der Waals surface area contributed by atoms with Crippen molar-refractivity contribution in [2.75, 3.05) is 13.6 Å². The molecule has 0 spiro atoms. The van der Waals surface area contributed by atoms with Crippen molar-refractivity contribution in [2.24, 2.45) is 0 Å². The molecule has 4 nitrogen and oxygen atoms in total. The van der Waals surface area contributed by atoms with Crippen LogP contribution in [-0.4, -0.2) is 39.0 Å². The predicted octanol–water partition coefficient (Wildman–Crippen LogP) is 2.25. The average Bonchev–Trinajstić information content (AvgIpc) is 2.24. The zero-order chi connectivity index (χ0) is 14.8. The normalized spacial score (nSPS) is 12.3. The molecule has 0 saturated carbocycles. The summed E-state index contributed by atoms with van der Waals surface area (Å²) in [5.74, 6) is -0.945. The summed E-state index contributed by atoms with van der Waals surface area (Å²) in [6, 6.07) is 4.51. The van der Waals surface area contributed by atoms with Crippen molar-refractivity contribution in [1.82, 2.24) is 4.90 Å². The van der Waals surface area contributed by atoms with Crippen LogP contribution >= 0.6 is 10.7 Å². The van der Waals surface area contributed by atoms with Crippen LogP contribution in [0.15, 0.2) is 29.2 Å². The third kappa shape index (κ3) is 4.71. The van der Waals surface area contributed by atoms with Crippen LogP contribution in [0.5, 0.6) is 0 Å². The van der Waals surface area contributed by atoms with Gasteiger partial charge in [0, 0.05) is 23.3 Å². The number of hydrogen-bond acceptors (Lipinski definition) is 3. The van der Waals surface area contributed by atoms with Crippen molar-refractivity contribution < 1.29 is 26.4 Å². The first kappa shape index (κ1) is 15.8. The molecule has 0 aromatic heterocycles. The molecule has 0 aliphatic rings. The second-order valence-electron chi connectivity index (χ2n) is 3.74. The smallest absolute Gasteiger partial charge is 0.333 e. The number of nitrogens with zero attached hydrogens (tertiary/aromatic N) is 1. The predicted molar refractivity (Wildman–Crippen MR) is 62.5 cm³/mol. The molecular formula is C10H9ClF3NO3S. The van der Waals surface area contributed by atoms with E-state index in [4.69, 9.17) is 10.7 Å². The highest BCUT2D eigenvalue weighted by atomic mass is 35.7. The van der Waals surface area contributed by atoms with Crippen molar-refractivity contribution in [3.8, 4) is 0 Å². The van der Waals surface area contributed by atoms with Gasteiger partial charge in [0.1, 0.15) is 6.54 Å². The lowest BCUT2D eigenvalue weighted by Gasteiger charge is -2.19. The van der Waals surface area contributed by atoms with Crippen molar-refractivity contribution in [3.63, 3.8) is 0 Å². The van der Waals surface area contributed by atoms with Crippen LogP contribution in [0.2, 0.25) is 0 Å². The molecular weight excluding hydrogens is 307 g/mol. The van der Waals surface area contributed by atoms with E-state index in [-0.39, 0.29) is 10.5 Å². The van der Waals surface area contributed by atoms with E-state index in [1.165, 1.54) is 12.1 Å². The topological polar surface area (TPSA) is 54.5 Å². The number of halogens is 4. The van der Waals surface area contributed by atoms with Crippen LogP contribution in [0, 0.1) is 0 Å². The summed E-state index contributed by atoms with van der Waals surface area (Å²) in [6.45, 7) is -1.43. The minimum Gasteiger partial charge on any atom is -0.333 e. The van der Waals surface area contributed by atoms with Gasteiger partial charge in [0.05, 0.1) is 4.90 Å². The fraction of sp³-hybridized carbons (Fsp3) is 0.300. The van der Waals surface area contributed by atoms with Crippen molar-refractivity contribution in [2.45, 2.75) is 11.1 Å². The molecule has 0 saturated heterocycles. The second kappa shape index (κ2) is 5.38. The van der Waals surface area contributed by atoms with E-state index in [2.05, 4.69) is 0 Å². The van der Waals surface area contributed by atoms with Gasteiger partial charge in [-0.2, -0.15) is 13.2 Å². The summed E-state index contributed by atoms with van der Waals surface area (Å²) in [7, 11) is 2.02. The first-order valence-electron chi connectivity index (χ1n) is 4.87. The van der Waals surface area contributed by atoms with Gasteiger partial charge in [-0.25, -0.2) is 8.42 Å². The molecule has 0 aliphatic carbocycles. The highest BCUT2D eigenvalue weighted by Crippen LogP contribution is 2.19. The largest absolute Gasteiger partial charge is 0.406 e. The fourth-order valence-corrected chi connectivity index (χ4v) is 2.14. The van der Waals surface area contributed by atoms with Gasteiger partial charge < -0.3 is 4.90 Å². The van der Waals surface area contributed by atoms with Gasteiger partial charge in [-0.05, 0) is 18.2 Å². The molecule has 0 bridgehead atoms. The Kier molecular flexibility index (Phi) is 4.46. The summed E-state index contributed by atoms with van der Waals surface area (Å²) in [4.78, 5) is 11.8. The summed E-state index contributed by atoms with van der Waals surface area (Å²) in [6.07, 6.45) is -4.53. The maximum absolute atomic E-state index is 12.1. The molecule has 0 fully saturated rings. The monoisotopic (exact) mass is 315 g/mol. The van der Waals surface area contributed by atoms with Crippen molar-refractivity contribution >= 4 is 25.6 Å². The third-order valence-electron chi connectivity index (χ3n) is 2.13. The van der Waals surface area contributed by atoms with Crippen LogP contribution in [0.25, 0.3) is 0 Å². The molecule has 0 aliphatic heterocycles. The summed E-state index contributed by atoms with van der Waals surface area (Å²) < 4.78 is 58.6. The minimum atomic E-state index is -4.53. The van der Waals surface area contributed by atoms with E-state index in [0.717, 1.165) is 19.2 Å². The molecule has 1 aromatic carbocycles. The highest BCUT2D eigenvalue weighted by Gasteiger charge is 2.31. The number of carbonyl (C=O) groups excluding carboxylic acids is 1. The molecule has 0 N–H and O–H groups in total. The van der Waals surface area contributed by atoms with E-state index in [1.54, 1.807) is 0 Å². The molecule has 19 heavy (non-hydrogen) atoms. The fourth-order valence-electron chi connectivity index (χ4n) is 1.34. The standard InChI is InChI=1S/C10H9ClF3NO3S/c1-15(6-10(12,13)14)9(16)7-3-2-4-8(5-7)19(11,17)18/h2-5H,6H2,1H3. The lowest BCUT2D eigenvalue weighted by Crippen LogP contribution is -2.35. The van der Waals surface area contributed by atoms with Gasteiger partial charge in [-0.1, -0.05) is 6.07 Å². The molecule has 0 radical (unpaired) electrons. The maximum atomic E-state index is 12.1. The first-order valence-corrected chi connectivity index (χ1v) is 7.18. The number of rotatable bonds is 3. The van der Waals surface area contributed by atoms with Gasteiger partial charge in [0.15, 0.2) is 0 Å². The molecule has 1 aromatic rings. The van der Waals surface area contributed by atoms with Gasteiger partial charge >= 0.3 is 6.18 Å². The van der Waals surface area contributed by atoms with E-state index in [0.29, 0.717) is 4.90 Å². The van der Waals surface area contributed by atoms with Crippen LogP contribution in [0.4, 0.5) is 13.2 Å². The molecule has 106 valence electrons. The van der Waals surface area contributed by atoms with E-state index < -0.39 is 27.7 Å². The van der Waals surface area contributed by atoms with Gasteiger partial charge in [-0.15, -0.1) is 0 Å². The molecule has 1 rings (SSSR count). The Morgan fingerprint density at radius 1 is 1.37 bits per heavy atom. The van der Waals surface area contributed by atoms with E-state index >= 15 is 0 Å². The van der Waals surface area contributed by atoms with E-state index in [1.807, 2.05) is 0 Å². The third-order valence-corrected chi connectivity index (χ3v) is 3.48. The van der Waals surface area contributed by atoms with Crippen LogP contribution in [-0.2, 0) is 9.05 Å². The number of hydrogen-bond donors (Lipinski definition) is 0. The SMILES string of the molecule is CN(CC(F)(F)F)C(=O)c1cccc(S(=O)(=O)Cl)c1. The molecule has 0 unspecified atom stereocenters. The van der Waals surface area contributed by atoms with Crippen LogP contribution < -0.4 is 0 Å². The van der Waals surface area contributed by atoms with Gasteiger partial charge in [0.2, 0.25) is 0 Å². The van der Waals surface area contributed by atoms with Crippen LogP contribution in [0.3, 0.4) is 0 Å². The quantitative estimate of drug-likeness (QED) is 0.804. The number of alkyl halides is 3. The van der Waals surface area contributed by atoms with E-state index in [9.17, 15) is 26.4 Å².